The first-order valence-corrected chi connectivity index (χ1v) is 6.43. The van der Waals surface area contributed by atoms with Gasteiger partial charge in [-0.3, -0.25) is 4.79 Å². The van der Waals surface area contributed by atoms with Gasteiger partial charge in [0, 0.05) is 13.1 Å². The van der Waals surface area contributed by atoms with Crippen LogP contribution in [0.2, 0.25) is 0 Å². The molecule has 1 atom stereocenters. The molecule has 0 aliphatic rings. The number of amides is 1. The second-order valence-corrected chi connectivity index (χ2v) is 5.33. The van der Waals surface area contributed by atoms with Crippen LogP contribution in [0.15, 0.2) is 24.3 Å². The Bertz CT molecular complexity index is 401. The van der Waals surface area contributed by atoms with E-state index in [0.717, 1.165) is 12.0 Å². The van der Waals surface area contributed by atoms with Crippen molar-refractivity contribution in [1.82, 2.24) is 4.90 Å². The van der Waals surface area contributed by atoms with Crippen LogP contribution in [0.5, 0.6) is 5.75 Å². The molecule has 1 unspecified atom stereocenters. The third-order valence-corrected chi connectivity index (χ3v) is 3.13. The van der Waals surface area contributed by atoms with Gasteiger partial charge in [0.1, 0.15) is 5.75 Å². The van der Waals surface area contributed by atoms with Gasteiger partial charge in [-0.15, -0.1) is 0 Å². The van der Waals surface area contributed by atoms with Crippen molar-refractivity contribution in [1.29, 1.82) is 0 Å². The molecule has 0 heterocycles. The van der Waals surface area contributed by atoms with Gasteiger partial charge in [0.25, 0.3) is 0 Å². The van der Waals surface area contributed by atoms with Crippen molar-refractivity contribution in [2.75, 3.05) is 7.05 Å². The summed E-state index contributed by atoms with van der Waals surface area (Å²) in [4.78, 5) is 13.9. The van der Waals surface area contributed by atoms with Gasteiger partial charge >= 0.3 is 0 Å². The summed E-state index contributed by atoms with van der Waals surface area (Å²) in [5.41, 5.74) is 0.851. The molecule has 18 heavy (non-hydrogen) atoms. The Labute approximate surface area is 109 Å². The molecule has 0 fully saturated rings. The first-order chi connectivity index (χ1) is 8.40. The molecule has 3 heteroatoms. The zero-order valence-electron chi connectivity index (χ0n) is 11.7. The van der Waals surface area contributed by atoms with E-state index in [2.05, 4.69) is 20.8 Å². The van der Waals surface area contributed by atoms with E-state index in [1.165, 1.54) is 0 Å². The Hall–Kier alpha value is -1.51. The fourth-order valence-corrected chi connectivity index (χ4v) is 2.05. The van der Waals surface area contributed by atoms with E-state index in [0.29, 0.717) is 12.3 Å². The normalized spacial score (nSPS) is 12.5. The number of nitrogens with zero attached hydrogens (tertiary/aromatic N) is 1. The number of phenolic OH excluding ortho intramolecular Hbond substituents is 1. The monoisotopic (exact) mass is 249 g/mol. The summed E-state index contributed by atoms with van der Waals surface area (Å²) in [6, 6.07) is 7.11. The van der Waals surface area contributed by atoms with Crippen molar-refractivity contribution in [3.8, 4) is 5.75 Å². The Morgan fingerprint density at radius 2 is 2.00 bits per heavy atom. The summed E-state index contributed by atoms with van der Waals surface area (Å²) in [7, 11) is 1.85. The number of benzene rings is 1. The molecule has 0 saturated heterocycles. The molecule has 0 bridgehead atoms. The predicted molar refractivity (Wildman–Crippen MR) is 73.5 cm³/mol. The third-order valence-electron chi connectivity index (χ3n) is 3.13. The van der Waals surface area contributed by atoms with Crippen molar-refractivity contribution in [2.45, 2.75) is 39.7 Å². The van der Waals surface area contributed by atoms with Crippen LogP contribution >= 0.6 is 0 Å². The van der Waals surface area contributed by atoms with Crippen LogP contribution in [0.4, 0.5) is 0 Å². The average Bonchev–Trinajstić information content (AvgIpc) is 2.27. The van der Waals surface area contributed by atoms with Crippen molar-refractivity contribution < 1.29 is 9.90 Å². The van der Waals surface area contributed by atoms with Crippen LogP contribution in [-0.2, 0) is 11.2 Å². The smallest absolute Gasteiger partial charge is 0.226 e. The Balaban J connectivity index is 2.59. The molecule has 1 aromatic carbocycles. The fourth-order valence-electron chi connectivity index (χ4n) is 2.05. The number of phenols is 1. The standard InChI is InChI=1S/C15H23NO2/c1-11(2)8-12(3)16(4)15(18)10-13-6-5-7-14(17)9-13/h5-7,9,11-12,17H,8,10H2,1-4H3. The predicted octanol–water partition coefficient (Wildman–Crippen LogP) is 2.83. The molecule has 0 aliphatic heterocycles. The Morgan fingerprint density at radius 1 is 1.33 bits per heavy atom. The summed E-state index contributed by atoms with van der Waals surface area (Å²) < 4.78 is 0. The largest absolute Gasteiger partial charge is 0.508 e. The number of hydrogen-bond donors (Lipinski definition) is 1. The lowest BCUT2D eigenvalue weighted by Crippen LogP contribution is -2.36. The molecule has 1 aromatic rings. The lowest BCUT2D eigenvalue weighted by Gasteiger charge is -2.26. The highest BCUT2D eigenvalue weighted by molar-refractivity contribution is 5.78. The maximum Gasteiger partial charge on any atom is 0.226 e. The molecule has 0 spiro atoms. The quantitative estimate of drug-likeness (QED) is 0.871. The van der Waals surface area contributed by atoms with Crippen LogP contribution in [0.3, 0.4) is 0 Å². The number of carbonyl (C=O) groups excluding carboxylic acids is 1. The zero-order chi connectivity index (χ0) is 13.7. The molecule has 0 saturated carbocycles. The van der Waals surface area contributed by atoms with Crippen molar-refractivity contribution in [3.05, 3.63) is 29.8 Å². The summed E-state index contributed by atoms with van der Waals surface area (Å²) in [5, 5.41) is 9.37. The van der Waals surface area contributed by atoms with E-state index in [1.54, 1.807) is 23.1 Å². The third kappa shape index (κ3) is 4.40. The van der Waals surface area contributed by atoms with Crippen molar-refractivity contribution in [3.63, 3.8) is 0 Å². The molecule has 1 amide bonds. The van der Waals surface area contributed by atoms with E-state index >= 15 is 0 Å². The van der Waals surface area contributed by atoms with E-state index < -0.39 is 0 Å². The molecule has 1 N–H and O–H groups in total. The summed E-state index contributed by atoms with van der Waals surface area (Å²) in [6.45, 7) is 6.38. The van der Waals surface area contributed by atoms with E-state index in [-0.39, 0.29) is 17.7 Å². The number of rotatable bonds is 5. The van der Waals surface area contributed by atoms with Crippen LogP contribution < -0.4 is 0 Å². The van der Waals surface area contributed by atoms with Crippen LogP contribution in [0.25, 0.3) is 0 Å². The molecule has 0 aliphatic carbocycles. The first kappa shape index (κ1) is 14.6. The number of carbonyl (C=O) groups is 1. The summed E-state index contributed by atoms with van der Waals surface area (Å²) >= 11 is 0. The van der Waals surface area contributed by atoms with Gasteiger partial charge in [0.05, 0.1) is 6.42 Å². The minimum atomic E-state index is 0.0914. The van der Waals surface area contributed by atoms with Gasteiger partial charge < -0.3 is 10.0 Å². The van der Waals surface area contributed by atoms with Crippen molar-refractivity contribution >= 4 is 5.91 Å². The minimum absolute atomic E-state index is 0.0914. The lowest BCUT2D eigenvalue weighted by atomic mass is 10.0. The maximum absolute atomic E-state index is 12.1. The lowest BCUT2D eigenvalue weighted by molar-refractivity contribution is -0.131. The topological polar surface area (TPSA) is 40.5 Å². The average molecular weight is 249 g/mol. The second-order valence-electron chi connectivity index (χ2n) is 5.33. The Morgan fingerprint density at radius 3 is 2.56 bits per heavy atom. The van der Waals surface area contributed by atoms with Crippen LogP contribution in [0.1, 0.15) is 32.8 Å². The van der Waals surface area contributed by atoms with E-state index in [1.807, 2.05) is 13.1 Å². The molecule has 0 aromatic heterocycles. The number of likely N-dealkylation sites (N-methyl/N-ethyl adjacent to an activating group) is 1. The Kier molecular flexibility index (Phi) is 5.20. The number of hydrogen-bond acceptors (Lipinski definition) is 2. The molecule has 0 radical (unpaired) electrons. The highest BCUT2D eigenvalue weighted by Gasteiger charge is 2.17. The van der Waals surface area contributed by atoms with Gasteiger partial charge in [-0.25, -0.2) is 0 Å². The summed E-state index contributed by atoms with van der Waals surface area (Å²) in [5.74, 6) is 0.878. The zero-order valence-corrected chi connectivity index (χ0v) is 11.7. The molecular formula is C15H23NO2. The molecule has 100 valence electrons. The van der Waals surface area contributed by atoms with Crippen LogP contribution in [-0.4, -0.2) is 29.0 Å². The summed E-state index contributed by atoms with van der Waals surface area (Å²) in [6.07, 6.45) is 1.34. The van der Waals surface area contributed by atoms with E-state index in [4.69, 9.17) is 0 Å². The molecule has 1 rings (SSSR count). The molecule has 3 nitrogen and oxygen atoms in total. The SMILES string of the molecule is CC(C)CC(C)N(C)C(=O)Cc1cccc(O)c1. The molecular weight excluding hydrogens is 226 g/mol. The van der Waals surface area contributed by atoms with Gasteiger partial charge in [-0.05, 0) is 37.0 Å². The van der Waals surface area contributed by atoms with Gasteiger partial charge in [0.2, 0.25) is 5.91 Å². The maximum atomic E-state index is 12.1. The van der Waals surface area contributed by atoms with Crippen molar-refractivity contribution in [2.24, 2.45) is 5.92 Å². The minimum Gasteiger partial charge on any atom is -0.508 e. The van der Waals surface area contributed by atoms with E-state index in [9.17, 15) is 9.90 Å². The second kappa shape index (κ2) is 6.43. The van der Waals surface area contributed by atoms with Gasteiger partial charge in [-0.1, -0.05) is 26.0 Å². The van der Waals surface area contributed by atoms with Crippen LogP contribution in [0, 0.1) is 5.92 Å². The first-order valence-electron chi connectivity index (χ1n) is 6.43. The number of aromatic hydroxyl groups is 1. The highest BCUT2D eigenvalue weighted by atomic mass is 16.3. The van der Waals surface area contributed by atoms with Gasteiger partial charge in [0.15, 0.2) is 0 Å². The fraction of sp³-hybridized carbons (Fsp3) is 0.533. The van der Waals surface area contributed by atoms with Gasteiger partial charge in [-0.2, -0.15) is 0 Å². The highest BCUT2D eigenvalue weighted by Crippen LogP contribution is 2.14.